The molecule has 15 heavy (non-hydrogen) atoms. The average Bonchev–Trinajstić information content (AvgIpc) is 2.33. The molecule has 0 bridgehead atoms. The summed E-state index contributed by atoms with van der Waals surface area (Å²) in [4.78, 5) is 22.9. The van der Waals surface area contributed by atoms with Crippen molar-refractivity contribution in [1.29, 1.82) is 0 Å². The standard InChI is InChI=1S/C11H20O3Si/c1-11(2,3)15(4,5)14-10-8(12)6-7-9(10)13/h10H,6-7H2,1-5H3. The van der Waals surface area contributed by atoms with E-state index in [1.54, 1.807) is 0 Å². The number of carbonyl (C=O) groups excluding carboxylic acids is 2. The van der Waals surface area contributed by atoms with Gasteiger partial charge in [-0.25, -0.2) is 0 Å². The monoisotopic (exact) mass is 228 g/mol. The maximum atomic E-state index is 11.5. The van der Waals surface area contributed by atoms with Crippen LogP contribution in [0.5, 0.6) is 0 Å². The van der Waals surface area contributed by atoms with E-state index < -0.39 is 14.4 Å². The fourth-order valence-electron chi connectivity index (χ4n) is 1.29. The number of hydrogen-bond acceptors (Lipinski definition) is 3. The largest absolute Gasteiger partial charge is 0.401 e. The Balaban J connectivity index is 2.77. The molecule has 0 atom stereocenters. The van der Waals surface area contributed by atoms with Gasteiger partial charge in [0.25, 0.3) is 0 Å². The normalized spacial score (nSPS) is 20.1. The van der Waals surface area contributed by atoms with Crippen LogP contribution in [0, 0.1) is 0 Å². The van der Waals surface area contributed by atoms with Crippen LogP contribution in [0.25, 0.3) is 0 Å². The molecule has 0 spiro atoms. The first-order valence-corrected chi connectivity index (χ1v) is 8.29. The van der Waals surface area contributed by atoms with Crippen molar-refractivity contribution in [1.82, 2.24) is 0 Å². The zero-order chi connectivity index (χ0) is 11.9. The molecule has 0 aliphatic heterocycles. The molecule has 0 aromatic heterocycles. The quantitative estimate of drug-likeness (QED) is 0.538. The van der Waals surface area contributed by atoms with Crippen LogP contribution in [0.4, 0.5) is 0 Å². The van der Waals surface area contributed by atoms with Crippen LogP contribution in [0.3, 0.4) is 0 Å². The Morgan fingerprint density at radius 2 is 1.53 bits per heavy atom. The van der Waals surface area contributed by atoms with Crippen molar-refractivity contribution in [3.05, 3.63) is 0 Å². The van der Waals surface area contributed by atoms with Crippen molar-refractivity contribution >= 4 is 19.9 Å². The fraction of sp³-hybridized carbons (Fsp3) is 0.818. The van der Waals surface area contributed by atoms with Gasteiger partial charge >= 0.3 is 0 Å². The van der Waals surface area contributed by atoms with Gasteiger partial charge < -0.3 is 4.43 Å². The van der Waals surface area contributed by atoms with Crippen molar-refractivity contribution in [2.45, 2.75) is 57.8 Å². The molecule has 0 N–H and O–H groups in total. The van der Waals surface area contributed by atoms with Crippen LogP contribution in [0.2, 0.25) is 18.1 Å². The molecule has 3 nitrogen and oxygen atoms in total. The van der Waals surface area contributed by atoms with Crippen molar-refractivity contribution in [3.63, 3.8) is 0 Å². The number of carbonyl (C=O) groups is 2. The van der Waals surface area contributed by atoms with Crippen molar-refractivity contribution < 1.29 is 14.0 Å². The zero-order valence-corrected chi connectivity index (χ0v) is 11.2. The molecule has 1 fully saturated rings. The maximum absolute atomic E-state index is 11.5. The molecule has 0 unspecified atom stereocenters. The van der Waals surface area contributed by atoms with Gasteiger partial charge in [0.15, 0.2) is 26.0 Å². The summed E-state index contributed by atoms with van der Waals surface area (Å²) in [6.45, 7) is 10.4. The van der Waals surface area contributed by atoms with Gasteiger partial charge in [0.1, 0.15) is 0 Å². The highest BCUT2D eigenvalue weighted by atomic mass is 28.4. The van der Waals surface area contributed by atoms with Gasteiger partial charge in [0.2, 0.25) is 0 Å². The molecule has 1 rings (SSSR count). The summed E-state index contributed by atoms with van der Waals surface area (Å²) >= 11 is 0. The summed E-state index contributed by atoms with van der Waals surface area (Å²) in [5, 5.41) is 0.0378. The van der Waals surface area contributed by atoms with Crippen LogP contribution < -0.4 is 0 Å². The van der Waals surface area contributed by atoms with E-state index in [0.29, 0.717) is 12.8 Å². The van der Waals surface area contributed by atoms with E-state index in [-0.39, 0.29) is 16.6 Å². The molecule has 0 heterocycles. The van der Waals surface area contributed by atoms with Gasteiger partial charge in [-0.2, -0.15) is 0 Å². The van der Waals surface area contributed by atoms with Crippen LogP contribution in [0.15, 0.2) is 0 Å². The number of rotatable bonds is 2. The topological polar surface area (TPSA) is 43.4 Å². The second-order valence-electron chi connectivity index (χ2n) is 5.69. The van der Waals surface area contributed by atoms with Gasteiger partial charge in [0, 0.05) is 12.8 Å². The highest BCUT2D eigenvalue weighted by Gasteiger charge is 2.44. The van der Waals surface area contributed by atoms with E-state index >= 15 is 0 Å². The van der Waals surface area contributed by atoms with Crippen molar-refractivity contribution in [2.24, 2.45) is 0 Å². The third kappa shape index (κ3) is 2.55. The average molecular weight is 228 g/mol. The Hall–Kier alpha value is -0.483. The van der Waals surface area contributed by atoms with E-state index in [2.05, 4.69) is 33.9 Å². The van der Waals surface area contributed by atoms with Crippen molar-refractivity contribution in [2.75, 3.05) is 0 Å². The van der Waals surface area contributed by atoms with Crippen LogP contribution >= 0.6 is 0 Å². The summed E-state index contributed by atoms with van der Waals surface area (Å²) in [6, 6.07) is 0. The second-order valence-corrected chi connectivity index (χ2v) is 10.4. The SMILES string of the molecule is CC(C)(C)[Si](C)(C)OC1C(=O)CCC1=O. The minimum absolute atomic E-state index is 0.0372. The first-order chi connectivity index (χ1) is 6.65. The van der Waals surface area contributed by atoms with E-state index in [1.165, 1.54) is 0 Å². The molecular weight excluding hydrogens is 208 g/mol. The molecule has 1 saturated carbocycles. The van der Waals surface area contributed by atoms with Gasteiger partial charge in [-0.3, -0.25) is 9.59 Å². The van der Waals surface area contributed by atoms with E-state index in [9.17, 15) is 9.59 Å². The minimum Gasteiger partial charge on any atom is -0.401 e. The molecule has 0 amide bonds. The molecule has 1 aliphatic rings. The fourth-order valence-corrected chi connectivity index (χ4v) is 2.50. The zero-order valence-electron chi connectivity index (χ0n) is 10.2. The summed E-state index contributed by atoms with van der Waals surface area (Å²) in [6.07, 6.45) is -0.0399. The highest BCUT2D eigenvalue weighted by molar-refractivity contribution is 6.74. The summed E-state index contributed by atoms with van der Waals surface area (Å²) < 4.78 is 5.83. The molecule has 4 heteroatoms. The Labute approximate surface area is 92.3 Å². The first kappa shape index (κ1) is 12.6. The lowest BCUT2D eigenvalue weighted by Gasteiger charge is -2.37. The van der Waals surface area contributed by atoms with Gasteiger partial charge in [-0.05, 0) is 18.1 Å². The summed E-state index contributed by atoms with van der Waals surface area (Å²) in [7, 11) is -2.00. The molecule has 0 aromatic carbocycles. The lowest BCUT2D eigenvalue weighted by atomic mass is 10.2. The Morgan fingerprint density at radius 1 is 1.13 bits per heavy atom. The third-order valence-electron chi connectivity index (χ3n) is 3.42. The minimum atomic E-state index is -2.00. The predicted molar refractivity (Wildman–Crippen MR) is 61.3 cm³/mol. The molecule has 1 aliphatic carbocycles. The lowest BCUT2D eigenvalue weighted by Crippen LogP contribution is -2.46. The first-order valence-electron chi connectivity index (χ1n) is 5.38. The van der Waals surface area contributed by atoms with Crippen LogP contribution in [-0.2, 0) is 14.0 Å². The van der Waals surface area contributed by atoms with E-state index in [4.69, 9.17) is 4.43 Å². The van der Waals surface area contributed by atoms with Crippen molar-refractivity contribution in [3.8, 4) is 0 Å². The maximum Gasteiger partial charge on any atom is 0.193 e. The molecule has 0 radical (unpaired) electrons. The highest BCUT2D eigenvalue weighted by Crippen LogP contribution is 2.38. The Morgan fingerprint density at radius 3 is 1.87 bits per heavy atom. The van der Waals surface area contributed by atoms with Gasteiger partial charge in [0.05, 0.1) is 0 Å². The summed E-state index contributed by atoms with van der Waals surface area (Å²) in [5.41, 5.74) is 0. The number of ketones is 2. The van der Waals surface area contributed by atoms with E-state index in [1.807, 2.05) is 0 Å². The van der Waals surface area contributed by atoms with Crippen LogP contribution in [-0.4, -0.2) is 26.0 Å². The molecule has 86 valence electrons. The van der Waals surface area contributed by atoms with Crippen LogP contribution in [0.1, 0.15) is 33.6 Å². The smallest absolute Gasteiger partial charge is 0.193 e. The second kappa shape index (κ2) is 3.83. The lowest BCUT2D eigenvalue weighted by molar-refractivity contribution is -0.131. The molecule has 0 aromatic rings. The molecule has 0 saturated heterocycles. The number of hydrogen-bond donors (Lipinski definition) is 0. The predicted octanol–water partition coefficient (Wildman–Crippen LogP) is 2.31. The Bertz CT molecular complexity index is 273. The van der Waals surface area contributed by atoms with Gasteiger partial charge in [-0.1, -0.05) is 20.8 Å². The van der Waals surface area contributed by atoms with E-state index in [0.717, 1.165) is 0 Å². The molecular formula is C11H20O3Si. The number of Topliss-reactive ketones (excluding diaryl/α,β-unsaturated/α-hetero) is 2. The summed E-state index contributed by atoms with van der Waals surface area (Å²) in [5.74, 6) is -0.0744. The Kier molecular flexibility index (Phi) is 3.21. The third-order valence-corrected chi connectivity index (χ3v) is 7.86. The van der Waals surface area contributed by atoms with Gasteiger partial charge in [-0.15, -0.1) is 0 Å².